The van der Waals surface area contributed by atoms with E-state index in [4.69, 9.17) is 4.74 Å². The summed E-state index contributed by atoms with van der Waals surface area (Å²) in [6.07, 6.45) is 11.8. The van der Waals surface area contributed by atoms with Crippen LogP contribution in [0.1, 0.15) is 60.3 Å². The molecule has 0 spiro atoms. The van der Waals surface area contributed by atoms with E-state index in [2.05, 4.69) is 57.7 Å². The van der Waals surface area contributed by atoms with Gasteiger partial charge in [-0.1, -0.05) is 52.8 Å². The smallest absolute Gasteiger partial charge is 0.0794 e. The first-order valence-electron chi connectivity index (χ1n) is 8.76. The maximum atomic E-state index is 6.03. The Balaban J connectivity index is 2.32. The van der Waals surface area contributed by atoms with E-state index in [1.165, 1.54) is 37.9 Å². The van der Waals surface area contributed by atoms with Crippen molar-refractivity contribution in [1.82, 2.24) is 4.90 Å². The van der Waals surface area contributed by atoms with Crippen LogP contribution >= 0.6 is 0 Å². The third-order valence-electron chi connectivity index (χ3n) is 4.54. The first kappa shape index (κ1) is 18.4. The average Bonchev–Trinajstić information content (AvgIpc) is 2.48. The third kappa shape index (κ3) is 6.36. The summed E-state index contributed by atoms with van der Waals surface area (Å²) >= 11 is 0. The second kappa shape index (κ2) is 9.42. The molecule has 0 aromatic carbocycles. The molecule has 21 heavy (non-hydrogen) atoms. The summed E-state index contributed by atoms with van der Waals surface area (Å²) in [5, 5.41) is 0. The minimum Gasteiger partial charge on any atom is -0.372 e. The third-order valence-corrected chi connectivity index (χ3v) is 4.54. The zero-order chi connectivity index (χ0) is 15.7. The molecule has 0 radical (unpaired) electrons. The molecule has 122 valence electrons. The molecule has 0 fully saturated rings. The minimum atomic E-state index is 0.270. The topological polar surface area (TPSA) is 12.5 Å². The van der Waals surface area contributed by atoms with Gasteiger partial charge in [0, 0.05) is 6.54 Å². The quantitative estimate of drug-likeness (QED) is 0.573. The van der Waals surface area contributed by atoms with Crippen LogP contribution in [0, 0.1) is 5.41 Å². The second-order valence-corrected chi connectivity index (χ2v) is 6.74. The van der Waals surface area contributed by atoms with Crippen LogP contribution < -0.4 is 0 Å². The van der Waals surface area contributed by atoms with Crippen LogP contribution in [0.15, 0.2) is 23.8 Å². The summed E-state index contributed by atoms with van der Waals surface area (Å²) in [7, 11) is 0. The highest BCUT2D eigenvalue weighted by Crippen LogP contribution is 2.33. The Labute approximate surface area is 132 Å². The molecule has 1 rings (SSSR count). The molecular weight excluding hydrogens is 258 g/mol. The molecule has 1 aliphatic carbocycles. The highest BCUT2D eigenvalue weighted by atomic mass is 16.5. The fraction of sp³-hybridized carbons (Fsp3) is 0.789. The Morgan fingerprint density at radius 2 is 1.81 bits per heavy atom. The number of hydrogen-bond acceptors (Lipinski definition) is 2. The molecule has 0 aliphatic heterocycles. The van der Waals surface area contributed by atoms with Crippen molar-refractivity contribution in [2.24, 2.45) is 5.41 Å². The summed E-state index contributed by atoms with van der Waals surface area (Å²) in [6.45, 7) is 15.7. The van der Waals surface area contributed by atoms with Gasteiger partial charge in [-0.2, -0.15) is 0 Å². The lowest BCUT2D eigenvalue weighted by atomic mass is 9.79. The fourth-order valence-electron chi connectivity index (χ4n) is 2.73. The van der Waals surface area contributed by atoms with Crippen molar-refractivity contribution in [1.29, 1.82) is 0 Å². The Bertz CT molecular complexity index is 337. The number of allylic oxidation sites excluding steroid dienone is 2. The van der Waals surface area contributed by atoms with Crippen LogP contribution in [-0.4, -0.2) is 37.2 Å². The van der Waals surface area contributed by atoms with Crippen molar-refractivity contribution in [3.05, 3.63) is 23.8 Å². The maximum absolute atomic E-state index is 6.03. The van der Waals surface area contributed by atoms with Crippen molar-refractivity contribution in [3.63, 3.8) is 0 Å². The van der Waals surface area contributed by atoms with Gasteiger partial charge in [0.15, 0.2) is 0 Å². The van der Waals surface area contributed by atoms with Gasteiger partial charge in [-0.3, -0.25) is 0 Å². The van der Waals surface area contributed by atoms with Gasteiger partial charge in [-0.25, -0.2) is 0 Å². The standard InChI is InChI=1S/C19H35NO/c1-6-13-20(14-7-2)15-16-21-18-11-9-17(10-12-18)19(4,5)8-3/h9-11,18H,6-8,12-16H2,1-5H3. The van der Waals surface area contributed by atoms with Gasteiger partial charge < -0.3 is 9.64 Å². The van der Waals surface area contributed by atoms with Gasteiger partial charge in [-0.05, 0) is 49.8 Å². The van der Waals surface area contributed by atoms with E-state index in [1.807, 2.05) is 0 Å². The lowest BCUT2D eigenvalue weighted by Gasteiger charge is -2.28. The van der Waals surface area contributed by atoms with Crippen molar-refractivity contribution in [2.45, 2.75) is 66.4 Å². The number of hydrogen-bond donors (Lipinski definition) is 0. The summed E-state index contributed by atoms with van der Waals surface area (Å²) < 4.78 is 6.03. The van der Waals surface area contributed by atoms with E-state index >= 15 is 0 Å². The zero-order valence-corrected chi connectivity index (χ0v) is 14.8. The molecule has 1 aliphatic rings. The first-order valence-corrected chi connectivity index (χ1v) is 8.76. The number of ether oxygens (including phenoxy) is 1. The van der Waals surface area contributed by atoms with Gasteiger partial charge in [0.1, 0.15) is 0 Å². The van der Waals surface area contributed by atoms with Crippen LogP contribution in [-0.2, 0) is 4.74 Å². The summed E-state index contributed by atoms with van der Waals surface area (Å²) in [4.78, 5) is 2.51. The molecule has 1 unspecified atom stereocenters. The lowest BCUT2D eigenvalue weighted by molar-refractivity contribution is 0.0649. The Kier molecular flexibility index (Phi) is 8.28. The van der Waals surface area contributed by atoms with E-state index < -0.39 is 0 Å². The van der Waals surface area contributed by atoms with Crippen molar-refractivity contribution >= 4 is 0 Å². The molecule has 0 amide bonds. The fourth-order valence-corrected chi connectivity index (χ4v) is 2.73. The molecule has 0 heterocycles. The van der Waals surface area contributed by atoms with Gasteiger partial charge in [0.2, 0.25) is 0 Å². The molecule has 2 heteroatoms. The van der Waals surface area contributed by atoms with Gasteiger partial charge in [0.25, 0.3) is 0 Å². The molecular formula is C19H35NO. The number of nitrogens with zero attached hydrogens (tertiary/aromatic N) is 1. The maximum Gasteiger partial charge on any atom is 0.0794 e. The van der Waals surface area contributed by atoms with Crippen LogP contribution in [0.4, 0.5) is 0 Å². The van der Waals surface area contributed by atoms with Crippen LogP contribution in [0.25, 0.3) is 0 Å². The van der Waals surface area contributed by atoms with Crippen molar-refractivity contribution in [3.8, 4) is 0 Å². The summed E-state index contributed by atoms with van der Waals surface area (Å²) in [5.41, 5.74) is 1.75. The first-order chi connectivity index (χ1) is 10.0. The van der Waals surface area contributed by atoms with Crippen LogP contribution in [0.5, 0.6) is 0 Å². The molecule has 2 nitrogen and oxygen atoms in total. The molecule has 0 saturated heterocycles. The monoisotopic (exact) mass is 293 g/mol. The van der Waals surface area contributed by atoms with E-state index in [-0.39, 0.29) is 6.10 Å². The molecule has 0 aromatic rings. The highest BCUT2D eigenvalue weighted by molar-refractivity contribution is 5.29. The van der Waals surface area contributed by atoms with Gasteiger partial charge >= 0.3 is 0 Å². The van der Waals surface area contributed by atoms with Crippen molar-refractivity contribution < 1.29 is 4.74 Å². The normalized spacial score (nSPS) is 19.1. The largest absolute Gasteiger partial charge is 0.372 e. The van der Waals surface area contributed by atoms with Crippen LogP contribution in [0.2, 0.25) is 0 Å². The van der Waals surface area contributed by atoms with Crippen LogP contribution in [0.3, 0.4) is 0 Å². The summed E-state index contributed by atoms with van der Waals surface area (Å²) in [5.74, 6) is 0. The van der Waals surface area contributed by atoms with E-state index in [1.54, 1.807) is 0 Å². The van der Waals surface area contributed by atoms with E-state index in [0.717, 1.165) is 19.6 Å². The average molecular weight is 293 g/mol. The summed E-state index contributed by atoms with van der Waals surface area (Å²) in [6, 6.07) is 0. The molecule has 0 aromatic heterocycles. The van der Waals surface area contributed by atoms with Crippen molar-refractivity contribution in [2.75, 3.05) is 26.2 Å². The lowest BCUT2D eigenvalue weighted by Crippen LogP contribution is -2.30. The molecule has 0 N–H and O–H groups in total. The predicted octanol–water partition coefficient (Wildman–Crippen LogP) is 4.82. The number of rotatable bonds is 10. The SMILES string of the molecule is CCCN(CCC)CCOC1C=CC(C(C)(C)CC)=CC1. The minimum absolute atomic E-state index is 0.270. The van der Waals surface area contributed by atoms with E-state index in [0.29, 0.717) is 5.41 Å². The van der Waals surface area contributed by atoms with E-state index in [9.17, 15) is 0 Å². The highest BCUT2D eigenvalue weighted by Gasteiger charge is 2.21. The predicted molar refractivity (Wildman–Crippen MR) is 92.7 cm³/mol. The zero-order valence-electron chi connectivity index (χ0n) is 14.8. The Morgan fingerprint density at radius 3 is 2.29 bits per heavy atom. The second-order valence-electron chi connectivity index (χ2n) is 6.74. The van der Waals surface area contributed by atoms with Gasteiger partial charge in [0.05, 0.1) is 12.7 Å². The molecule has 0 saturated carbocycles. The Hall–Kier alpha value is -0.600. The van der Waals surface area contributed by atoms with Gasteiger partial charge in [-0.15, -0.1) is 0 Å². The molecule has 0 bridgehead atoms. The molecule has 1 atom stereocenters. The Morgan fingerprint density at radius 1 is 1.14 bits per heavy atom.